The van der Waals surface area contributed by atoms with E-state index < -0.39 is 9.49 Å². The molecule has 0 aliphatic carbocycles. The van der Waals surface area contributed by atoms with Crippen molar-refractivity contribution in [1.82, 2.24) is 0 Å². The van der Waals surface area contributed by atoms with Gasteiger partial charge in [0.15, 0.2) is 9.49 Å². The first kappa shape index (κ1) is 20.4. The maximum absolute atomic E-state index is 10.4. The van der Waals surface area contributed by atoms with E-state index >= 15 is 0 Å². The molecule has 2 atom stereocenters. The second kappa shape index (κ2) is 8.67. The van der Waals surface area contributed by atoms with Gasteiger partial charge in [-0.2, -0.15) is 10.5 Å². The lowest BCUT2D eigenvalue weighted by Crippen LogP contribution is -2.43. The van der Waals surface area contributed by atoms with Crippen LogP contribution in [0.2, 0.25) is 0 Å². The molecule has 0 amide bonds. The SMILES string of the molecule is CCS[C@](C#N)(c1ccc(C)cc1)[C@](C#N)(SCC)c1ccc(C)cc1. The van der Waals surface area contributed by atoms with Crippen molar-refractivity contribution in [3.63, 3.8) is 0 Å². The Balaban J connectivity index is 2.82. The summed E-state index contributed by atoms with van der Waals surface area (Å²) in [7, 11) is 0. The summed E-state index contributed by atoms with van der Waals surface area (Å²) in [5.74, 6) is 1.50. The molecule has 2 aromatic carbocycles. The minimum atomic E-state index is -0.986. The maximum Gasteiger partial charge on any atom is 0.159 e. The number of hydrogen-bond acceptors (Lipinski definition) is 4. The van der Waals surface area contributed by atoms with Crippen LogP contribution in [-0.2, 0) is 9.49 Å². The fourth-order valence-corrected chi connectivity index (χ4v) is 5.82. The van der Waals surface area contributed by atoms with Crippen LogP contribution in [0.5, 0.6) is 0 Å². The van der Waals surface area contributed by atoms with Crippen molar-refractivity contribution in [1.29, 1.82) is 10.5 Å². The number of thioether (sulfide) groups is 2. The van der Waals surface area contributed by atoms with Gasteiger partial charge in [-0.1, -0.05) is 73.5 Å². The normalized spacial score (nSPS) is 15.3. The first-order valence-electron chi connectivity index (χ1n) is 8.74. The molecule has 0 fully saturated rings. The number of rotatable bonds is 7. The van der Waals surface area contributed by atoms with Crippen LogP contribution in [0.4, 0.5) is 0 Å². The highest BCUT2D eigenvalue weighted by Gasteiger charge is 2.55. The second-order valence-corrected chi connectivity index (χ2v) is 9.14. The van der Waals surface area contributed by atoms with Crippen LogP contribution in [0.1, 0.15) is 36.1 Å². The van der Waals surface area contributed by atoms with E-state index in [1.807, 2.05) is 76.2 Å². The Labute approximate surface area is 165 Å². The fourth-order valence-electron chi connectivity index (χ4n) is 3.14. The van der Waals surface area contributed by atoms with E-state index in [4.69, 9.17) is 0 Å². The average molecular weight is 381 g/mol. The molecular weight excluding hydrogens is 356 g/mol. The summed E-state index contributed by atoms with van der Waals surface area (Å²) in [5.41, 5.74) is 4.06. The van der Waals surface area contributed by atoms with Crippen molar-refractivity contribution < 1.29 is 0 Å². The second-order valence-electron chi connectivity index (χ2n) is 6.18. The monoisotopic (exact) mass is 380 g/mol. The number of nitriles is 2. The Morgan fingerprint density at radius 3 is 1.23 bits per heavy atom. The van der Waals surface area contributed by atoms with E-state index in [-0.39, 0.29) is 0 Å². The fraction of sp³-hybridized carbons (Fsp3) is 0.364. The third kappa shape index (κ3) is 3.50. The first-order valence-corrected chi connectivity index (χ1v) is 10.7. The Kier molecular flexibility index (Phi) is 6.81. The average Bonchev–Trinajstić information content (AvgIpc) is 2.66. The molecule has 0 N–H and O–H groups in total. The van der Waals surface area contributed by atoms with E-state index in [9.17, 15) is 10.5 Å². The Bertz CT molecular complexity index is 744. The third-order valence-electron chi connectivity index (χ3n) is 4.45. The van der Waals surface area contributed by atoms with Crippen LogP contribution in [0.15, 0.2) is 48.5 Å². The summed E-state index contributed by atoms with van der Waals surface area (Å²) in [5, 5.41) is 20.8. The number of nitrogens with zero attached hydrogens (tertiary/aromatic N) is 2. The van der Waals surface area contributed by atoms with Crippen molar-refractivity contribution in [2.75, 3.05) is 11.5 Å². The van der Waals surface area contributed by atoms with Crippen LogP contribution in [0.25, 0.3) is 0 Å². The van der Waals surface area contributed by atoms with Gasteiger partial charge < -0.3 is 0 Å². The summed E-state index contributed by atoms with van der Waals surface area (Å²) < 4.78 is -1.97. The zero-order chi connectivity index (χ0) is 19.2. The van der Waals surface area contributed by atoms with E-state index in [0.717, 1.165) is 33.8 Å². The van der Waals surface area contributed by atoms with Crippen molar-refractivity contribution in [3.8, 4) is 12.1 Å². The molecule has 0 aromatic heterocycles. The number of aryl methyl sites for hydroxylation is 2. The molecule has 0 spiro atoms. The molecule has 2 aromatic rings. The van der Waals surface area contributed by atoms with Crippen molar-refractivity contribution in [3.05, 3.63) is 70.8 Å². The third-order valence-corrected chi connectivity index (χ3v) is 7.29. The van der Waals surface area contributed by atoms with E-state index in [0.29, 0.717) is 0 Å². The van der Waals surface area contributed by atoms with Gasteiger partial charge in [0.2, 0.25) is 0 Å². The van der Waals surface area contributed by atoms with E-state index in [2.05, 4.69) is 12.1 Å². The Morgan fingerprint density at radius 1 is 0.692 bits per heavy atom. The lowest BCUT2D eigenvalue weighted by molar-refractivity contribution is 0.645. The Morgan fingerprint density at radius 2 is 1.00 bits per heavy atom. The molecule has 0 saturated carbocycles. The zero-order valence-electron chi connectivity index (χ0n) is 15.7. The van der Waals surface area contributed by atoms with Crippen molar-refractivity contribution in [2.24, 2.45) is 0 Å². The highest BCUT2D eigenvalue weighted by Crippen LogP contribution is 2.57. The lowest BCUT2D eigenvalue weighted by atomic mass is 9.80. The predicted octanol–water partition coefficient (Wildman–Crippen LogP) is 5.95. The van der Waals surface area contributed by atoms with Gasteiger partial charge in [0.25, 0.3) is 0 Å². The van der Waals surface area contributed by atoms with Gasteiger partial charge in [-0.25, -0.2) is 0 Å². The molecule has 2 rings (SSSR count). The molecule has 0 heterocycles. The van der Waals surface area contributed by atoms with Gasteiger partial charge in [0.1, 0.15) is 0 Å². The molecule has 0 unspecified atom stereocenters. The molecule has 0 aliphatic rings. The topological polar surface area (TPSA) is 47.6 Å². The van der Waals surface area contributed by atoms with Crippen LogP contribution in [0.3, 0.4) is 0 Å². The molecule has 0 aliphatic heterocycles. The van der Waals surface area contributed by atoms with Gasteiger partial charge in [0, 0.05) is 0 Å². The molecule has 0 radical (unpaired) electrons. The summed E-state index contributed by atoms with van der Waals surface area (Å²) in [4.78, 5) is 0. The zero-order valence-corrected chi connectivity index (χ0v) is 17.4. The van der Waals surface area contributed by atoms with Crippen LogP contribution >= 0.6 is 23.5 Å². The van der Waals surface area contributed by atoms with Crippen LogP contribution in [0, 0.1) is 36.5 Å². The molecule has 0 saturated heterocycles. The summed E-state index contributed by atoms with van der Waals surface area (Å²) in [6, 6.07) is 21.2. The highest BCUT2D eigenvalue weighted by atomic mass is 32.2. The van der Waals surface area contributed by atoms with Gasteiger partial charge in [-0.15, -0.1) is 23.5 Å². The molecule has 134 valence electrons. The maximum atomic E-state index is 10.4. The minimum Gasteiger partial charge on any atom is -0.196 e. The van der Waals surface area contributed by atoms with Crippen molar-refractivity contribution >= 4 is 23.5 Å². The molecule has 2 nitrogen and oxygen atoms in total. The lowest BCUT2D eigenvalue weighted by Gasteiger charge is -2.41. The first-order chi connectivity index (χ1) is 12.5. The predicted molar refractivity (Wildman–Crippen MR) is 113 cm³/mol. The molecular formula is C22H24N2S2. The van der Waals surface area contributed by atoms with E-state index in [1.54, 1.807) is 23.5 Å². The largest absolute Gasteiger partial charge is 0.196 e. The number of benzene rings is 2. The number of hydrogen-bond donors (Lipinski definition) is 0. The van der Waals surface area contributed by atoms with Gasteiger partial charge in [0.05, 0.1) is 12.1 Å². The minimum absolute atomic E-state index is 0.751. The van der Waals surface area contributed by atoms with E-state index in [1.165, 1.54) is 0 Å². The van der Waals surface area contributed by atoms with Gasteiger partial charge in [-0.05, 0) is 36.5 Å². The van der Waals surface area contributed by atoms with Crippen molar-refractivity contribution in [2.45, 2.75) is 37.2 Å². The standard InChI is InChI=1S/C22H24N2S2/c1-5-25-21(15-23,19-11-7-17(3)8-12-19)22(16-24,26-6-2)20-13-9-18(4)10-14-20/h7-14H,5-6H2,1-4H3/t21-,22-/m1/s1. The summed E-state index contributed by atoms with van der Waals surface area (Å²) in [6.45, 7) is 8.14. The molecule has 0 bridgehead atoms. The Hall–Kier alpha value is -1.88. The molecule has 4 heteroatoms. The van der Waals surface area contributed by atoms with Gasteiger partial charge in [-0.3, -0.25) is 0 Å². The van der Waals surface area contributed by atoms with Crippen LogP contribution < -0.4 is 0 Å². The van der Waals surface area contributed by atoms with Gasteiger partial charge >= 0.3 is 0 Å². The smallest absolute Gasteiger partial charge is 0.159 e. The quantitative estimate of drug-likeness (QED) is 0.595. The summed E-state index contributed by atoms with van der Waals surface area (Å²) >= 11 is 3.10. The summed E-state index contributed by atoms with van der Waals surface area (Å²) in [6.07, 6.45) is 0. The van der Waals surface area contributed by atoms with Crippen LogP contribution in [-0.4, -0.2) is 11.5 Å². The molecule has 26 heavy (non-hydrogen) atoms. The highest BCUT2D eigenvalue weighted by molar-refractivity contribution is 8.04.